The van der Waals surface area contributed by atoms with Crippen molar-refractivity contribution >= 4 is 34.1 Å². The number of halogens is 2. The average molecular weight is 574 g/mol. The maximum Gasteiger partial charge on any atom is 0.280 e. The number of piperazine rings is 1. The molecule has 216 valence electrons. The molecule has 1 aromatic heterocycles. The third-order valence-electron chi connectivity index (χ3n) is 7.75. The summed E-state index contributed by atoms with van der Waals surface area (Å²) in [6.07, 6.45) is 0.319. The van der Waals surface area contributed by atoms with E-state index >= 15 is 0 Å². The van der Waals surface area contributed by atoms with E-state index in [9.17, 15) is 23.2 Å². The summed E-state index contributed by atoms with van der Waals surface area (Å²) in [5, 5.41) is 14.0. The normalized spacial score (nSPS) is 17.9. The smallest absolute Gasteiger partial charge is 0.280 e. The van der Waals surface area contributed by atoms with Crippen molar-refractivity contribution in [3.63, 3.8) is 0 Å². The van der Waals surface area contributed by atoms with Crippen LogP contribution in [0.4, 0.5) is 20.2 Å². The van der Waals surface area contributed by atoms with Crippen LogP contribution in [0.25, 0.3) is 10.9 Å². The van der Waals surface area contributed by atoms with Gasteiger partial charge in [-0.15, -0.1) is 5.10 Å². The molecule has 2 amide bonds. The number of amides is 2. The molecule has 42 heavy (non-hydrogen) atoms. The van der Waals surface area contributed by atoms with Crippen molar-refractivity contribution in [3.8, 4) is 0 Å². The number of imide groups is 1. The van der Waals surface area contributed by atoms with Crippen LogP contribution in [-0.4, -0.2) is 57.9 Å². The lowest BCUT2D eigenvalue weighted by atomic mass is 10.1. The lowest BCUT2D eigenvalue weighted by Crippen LogP contribution is -2.46. The van der Waals surface area contributed by atoms with Crippen molar-refractivity contribution < 1.29 is 18.4 Å². The van der Waals surface area contributed by atoms with E-state index in [2.05, 4.69) is 38.0 Å². The molecule has 2 fully saturated rings. The Morgan fingerprint density at radius 2 is 1.69 bits per heavy atom. The van der Waals surface area contributed by atoms with Gasteiger partial charge in [-0.3, -0.25) is 24.6 Å². The zero-order chi connectivity index (χ0) is 29.2. The van der Waals surface area contributed by atoms with Crippen LogP contribution >= 0.6 is 0 Å². The Hall–Kier alpha value is -4.71. The molecule has 2 N–H and O–H groups in total. The molecule has 3 heterocycles. The van der Waals surface area contributed by atoms with Crippen LogP contribution in [-0.2, 0) is 22.7 Å². The SMILES string of the molecule is O=C1CCC(n2nnc3cccc(NCc4ccc(CN5CCN(c6ccc(F)cc6F)CC5)cc4)c3c2=O)C(=O)N1. The van der Waals surface area contributed by atoms with Gasteiger partial charge in [0.2, 0.25) is 5.91 Å². The number of hydrogen-bond acceptors (Lipinski definition) is 8. The maximum atomic E-state index is 14.2. The molecule has 4 aromatic rings. The number of piperidine rings is 1. The predicted octanol–water partition coefficient (Wildman–Crippen LogP) is 2.98. The molecule has 0 bridgehead atoms. The van der Waals surface area contributed by atoms with Gasteiger partial charge in [0.1, 0.15) is 23.2 Å². The fourth-order valence-corrected chi connectivity index (χ4v) is 5.47. The van der Waals surface area contributed by atoms with Crippen LogP contribution in [0.1, 0.15) is 30.0 Å². The number of benzene rings is 3. The molecule has 2 saturated heterocycles. The van der Waals surface area contributed by atoms with E-state index < -0.39 is 29.1 Å². The Bertz CT molecular complexity index is 1700. The van der Waals surface area contributed by atoms with Crippen LogP contribution in [0.3, 0.4) is 0 Å². The summed E-state index contributed by atoms with van der Waals surface area (Å²) in [5.41, 5.74) is 3.13. The van der Waals surface area contributed by atoms with Crippen LogP contribution in [0.2, 0.25) is 0 Å². The lowest BCUT2D eigenvalue weighted by molar-refractivity contribution is -0.136. The summed E-state index contributed by atoms with van der Waals surface area (Å²) in [5.74, 6) is -2.04. The number of carbonyl (C=O) groups excluding carboxylic acids is 2. The Kier molecular flexibility index (Phi) is 7.62. The van der Waals surface area contributed by atoms with Gasteiger partial charge in [-0.25, -0.2) is 8.78 Å². The summed E-state index contributed by atoms with van der Waals surface area (Å²) in [7, 11) is 0. The second-order valence-electron chi connectivity index (χ2n) is 10.5. The molecule has 12 heteroatoms. The highest BCUT2D eigenvalue weighted by Crippen LogP contribution is 2.23. The summed E-state index contributed by atoms with van der Waals surface area (Å²) < 4.78 is 28.5. The predicted molar refractivity (Wildman–Crippen MR) is 153 cm³/mol. The number of fused-ring (bicyclic) bond motifs is 1. The van der Waals surface area contributed by atoms with Crippen molar-refractivity contribution in [1.82, 2.24) is 25.2 Å². The molecule has 0 spiro atoms. The molecule has 2 aliphatic rings. The van der Waals surface area contributed by atoms with Gasteiger partial charge >= 0.3 is 0 Å². The third kappa shape index (κ3) is 5.70. The standard InChI is InChI=1S/C30H29F2N7O3/c31-21-8-9-25(22(32)16-21)38-14-12-37(13-15-38)18-20-6-4-19(5-7-20)17-33-23-2-1-3-24-28(23)30(42)39(36-35-24)26-10-11-27(40)34-29(26)41/h1-9,16,26,33H,10-15,17-18H2,(H,34,40,41). The van der Waals surface area contributed by atoms with Crippen molar-refractivity contribution in [2.75, 3.05) is 36.4 Å². The number of nitrogens with zero attached hydrogens (tertiary/aromatic N) is 5. The van der Waals surface area contributed by atoms with Crippen molar-refractivity contribution in [3.05, 3.63) is 93.8 Å². The van der Waals surface area contributed by atoms with Crippen LogP contribution in [0.5, 0.6) is 0 Å². The molecular formula is C30H29F2N7O3. The highest BCUT2D eigenvalue weighted by Gasteiger charge is 2.30. The molecule has 6 rings (SSSR count). The van der Waals surface area contributed by atoms with E-state index in [4.69, 9.17) is 0 Å². The van der Waals surface area contributed by atoms with E-state index in [0.717, 1.165) is 41.5 Å². The molecule has 2 aliphatic heterocycles. The van der Waals surface area contributed by atoms with E-state index in [-0.39, 0.29) is 18.7 Å². The van der Waals surface area contributed by atoms with Crippen LogP contribution < -0.4 is 21.1 Å². The zero-order valence-electron chi connectivity index (χ0n) is 22.7. The van der Waals surface area contributed by atoms with Gasteiger partial charge in [0, 0.05) is 57.4 Å². The van der Waals surface area contributed by atoms with Gasteiger partial charge in [0.25, 0.3) is 11.5 Å². The largest absolute Gasteiger partial charge is 0.380 e. The van der Waals surface area contributed by atoms with Crippen molar-refractivity contribution in [1.29, 1.82) is 0 Å². The zero-order valence-corrected chi connectivity index (χ0v) is 22.7. The first-order chi connectivity index (χ1) is 20.4. The third-order valence-corrected chi connectivity index (χ3v) is 7.75. The monoisotopic (exact) mass is 573 g/mol. The second kappa shape index (κ2) is 11.6. The number of rotatable bonds is 7. The number of carbonyl (C=O) groups is 2. The second-order valence-corrected chi connectivity index (χ2v) is 10.5. The molecule has 0 aliphatic carbocycles. The highest BCUT2D eigenvalue weighted by molar-refractivity contribution is 5.99. The van der Waals surface area contributed by atoms with Gasteiger partial charge in [-0.2, -0.15) is 4.68 Å². The number of nitrogens with one attached hydrogen (secondary N) is 2. The average Bonchev–Trinajstić information content (AvgIpc) is 2.98. The molecule has 3 aromatic carbocycles. The van der Waals surface area contributed by atoms with E-state index in [0.29, 0.717) is 41.9 Å². The summed E-state index contributed by atoms with van der Waals surface area (Å²) in [4.78, 5) is 41.5. The van der Waals surface area contributed by atoms with Gasteiger partial charge in [-0.05, 0) is 41.8 Å². The molecular weight excluding hydrogens is 544 g/mol. The lowest BCUT2D eigenvalue weighted by Gasteiger charge is -2.36. The number of anilines is 2. The van der Waals surface area contributed by atoms with Crippen molar-refractivity contribution in [2.24, 2.45) is 0 Å². The highest BCUT2D eigenvalue weighted by atomic mass is 19.1. The van der Waals surface area contributed by atoms with E-state index in [1.165, 1.54) is 12.1 Å². The fourth-order valence-electron chi connectivity index (χ4n) is 5.47. The van der Waals surface area contributed by atoms with Gasteiger partial charge < -0.3 is 10.2 Å². The Labute approximate surface area is 239 Å². The molecule has 0 radical (unpaired) electrons. The Morgan fingerprint density at radius 1 is 0.929 bits per heavy atom. The Morgan fingerprint density at radius 3 is 2.43 bits per heavy atom. The van der Waals surface area contributed by atoms with Crippen LogP contribution in [0.15, 0.2) is 65.5 Å². The first-order valence-corrected chi connectivity index (χ1v) is 13.8. The minimum Gasteiger partial charge on any atom is -0.380 e. The maximum absolute atomic E-state index is 14.2. The Balaban J connectivity index is 1.08. The van der Waals surface area contributed by atoms with E-state index in [1.807, 2.05) is 17.0 Å². The minimum absolute atomic E-state index is 0.130. The first-order valence-electron chi connectivity index (χ1n) is 13.8. The van der Waals surface area contributed by atoms with Crippen molar-refractivity contribution in [2.45, 2.75) is 32.0 Å². The molecule has 0 saturated carbocycles. The number of aromatic nitrogens is 3. The van der Waals surface area contributed by atoms with Gasteiger partial charge in [0.15, 0.2) is 0 Å². The quantitative estimate of drug-likeness (QED) is 0.325. The van der Waals surface area contributed by atoms with Crippen LogP contribution in [0, 0.1) is 11.6 Å². The van der Waals surface area contributed by atoms with Gasteiger partial charge in [-0.1, -0.05) is 35.5 Å². The fraction of sp³-hybridized carbons (Fsp3) is 0.300. The molecule has 1 unspecified atom stereocenters. The summed E-state index contributed by atoms with van der Waals surface area (Å²) in [6.45, 7) is 4.06. The topological polar surface area (TPSA) is 112 Å². The summed E-state index contributed by atoms with van der Waals surface area (Å²) >= 11 is 0. The minimum atomic E-state index is -0.889. The molecule has 10 nitrogen and oxygen atoms in total. The first kappa shape index (κ1) is 27.5. The van der Waals surface area contributed by atoms with E-state index in [1.54, 1.807) is 18.2 Å². The number of hydrogen-bond donors (Lipinski definition) is 2. The van der Waals surface area contributed by atoms with Gasteiger partial charge in [0.05, 0.1) is 11.1 Å². The molecule has 1 atom stereocenters. The summed E-state index contributed by atoms with van der Waals surface area (Å²) in [6, 6.07) is 16.2.